The van der Waals surface area contributed by atoms with Crippen LogP contribution < -0.4 is 11.1 Å². The Morgan fingerprint density at radius 2 is 1.84 bits per heavy atom. The number of halogens is 4. The molecule has 2 unspecified atom stereocenters. The van der Waals surface area contributed by atoms with E-state index in [1.165, 1.54) is 44.4 Å². The zero-order chi connectivity index (χ0) is 22.3. The smallest absolute Gasteiger partial charge is 0.344 e. The zero-order valence-electron chi connectivity index (χ0n) is 17.2. The number of imidazole rings is 1. The normalized spacial score (nSPS) is 23.4. The number of nitrogens with zero attached hydrogens (tertiary/aromatic N) is 1. The van der Waals surface area contributed by atoms with Crippen molar-refractivity contribution in [2.75, 3.05) is 7.05 Å². The van der Waals surface area contributed by atoms with Crippen molar-refractivity contribution < 1.29 is 22.4 Å². The summed E-state index contributed by atoms with van der Waals surface area (Å²) >= 11 is 0. The zero-order valence-corrected chi connectivity index (χ0v) is 17.2. The number of alkyl halides is 3. The van der Waals surface area contributed by atoms with Gasteiger partial charge in [0.25, 0.3) is 0 Å². The topological polar surface area (TPSA) is 83.8 Å². The average Bonchev–Trinajstić information content (AvgIpc) is 3.64. The summed E-state index contributed by atoms with van der Waals surface area (Å²) in [7, 11) is 1.50. The molecule has 1 saturated heterocycles. The van der Waals surface area contributed by atoms with E-state index in [0.717, 1.165) is 0 Å². The van der Waals surface area contributed by atoms with Crippen LogP contribution in [-0.2, 0) is 11.2 Å². The number of amides is 1. The molecule has 1 aromatic heterocycles. The molecule has 1 aromatic carbocycles. The average molecular weight is 438 g/mol. The van der Waals surface area contributed by atoms with Crippen molar-refractivity contribution in [1.29, 1.82) is 0 Å². The van der Waals surface area contributed by atoms with Crippen LogP contribution in [0.3, 0.4) is 0 Å². The molecule has 1 amide bonds. The fourth-order valence-electron chi connectivity index (χ4n) is 4.31. The van der Waals surface area contributed by atoms with Gasteiger partial charge in [-0.15, -0.1) is 0 Å². The lowest BCUT2D eigenvalue weighted by Gasteiger charge is -2.13. The summed E-state index contributed by atoms with van der Waals surface area (Å²) in [5.74, 6) is -0.131. The van der Waals surface area contributed by atoms with Crippen molar-refractivity contribution in [2.24, 2.45) is 23.5 Å². The van der Waals surface area contributed by atoms with E-state index >= 15 is 0 Å². The molecule has 0 radical (unpaired) electrons. The number of aromatic amines is 1. The first-order chi connectivity index (χ1) is 14.8. The first kappa shape index (κ1) is 21.8. The van der Waals surface area contributed by atoms with E-state index in [4.69, 9.17) is 0 Å². The highest BCUT2D eigenvalue weighted by molar-refractivity contribution is 5.82. The van der Waals surface area contributed by atoms with Gasteiger partial charge in [0.05, 0.1) is 5.52 Å². The monoisotopic (exact) mass is 438 g/mol. The molecule has 0 bridgehead atoms. The SMILES string of the molecule is CN.O=C1NC(C(F)(F)F)CC1Cc1cc(F)c2nc(C=C(C3CC3)C3CC3)[nH]c2c1. The van der Waals surface area contributed by atoms with E-state index in [1.54, 1.807) is 6.07 Å². The van der Waals surface area contributed by atoms with Gasteiger partial charge in [-0.3, -0.25) is 4.79 Å². The summed E-state index contributed by atoms with van der Waals surface area (Å²) in [4.78, 5) is 19.4. The second-order valence-electron chi connectivity index (χ2n) is 8.53. The molecule has 3 aliphatic rings. The van der Waals surface area contributed by atoms with E-state index in [2.05, 4.69) is 15.7 Å². The van der Waals surface area contributed by atoms with Crippen LogP contribution in [-0.4, -0.2) is 35.1 Å². The van der Waals surface area contributed by atoms with Crippen molar-refractivity contribution in [3.63, 3.8) is 0 Å². The van der Waals surface area contributed by atoms with Gasteiger partial charge in [0, 0.05) is 5.92 Å². The number of allylic oxidation sites excluding steroid dienone is 1. The lowest BCUT2D eigenvalue weighted by atomic mass is 9.95. The lowest BCUT2D eigenvalue weighted by molar-refractivity contribution is -0.154. The lowest BCUT2D eigenvalue weighted by Crippen LogP contribution is -2.38. The molecule has 2 atom stereocenters. The van der Waals surface area contributed by atoms with Gasteiger partial charge in [0.1, 0.15) is 17.4 Å². The van der Waals surface area contributed by atoms with Crippen LogP contribution in [0.5, 0.6) is 0 Å². The summed E-state index contributed by atoms with van der Waals surface area (Å²) in [6.45, 7) is 0. The number of H-pyrrole nitrogens is 1. The van der Waals surface area contributed by atoms with Gasteiger partial charge in [-0.25, -0.2) is 9.37 Å². The van der Waals surface area contributed by atoms with Crippen molar-refractivity contribution >= 4 is 23.0 Å². The Bertz CT molecular complexity index is 991. The third-order valence-corrected chi connectivity index (χ3v) is 6.10. The van der Waals surface area contributed by atoms with Crippen LogP contribution in [0.25, 0.3) is 17.1 Å². The van der Waals surface area contributed by atoms with E-state index in [9.17, 15) is 22.4 Å². The first-order valence-electron chi connectivity index (χ1n) is 10.6. The van der Waals surface area contributed by atoms with Crippen LogP contribution in [0.2, 0.25) is 0 Å². The third kappa shape index (κ3) is 4.76. The number of aromatic nitrogens is 2. The maximum atomic E-state index is 14.6. The molecular weight excluding hydrogens is 412 g/mol. The standard InChI is InChI=1S/C21H21F4N3O.CH5N/c22-15-6-10(5-13-8-17(21(23,24)25)27-20(13)29)7-16-19(15)28-18(26-16)9-14(11-1-2-11)12-3-4-12;1-2/h6-7,9,11-13,17H,1-5,8H2,(H,26,28)(H,27,29);2H2,1H3. The first-order valence-corrected chi connectivity index (χ1v) is 10.6. The van der Waals surface area contributed by atoms with Crippen LogP contribution in [0.1, 0.15) is 43.5 Å². The van der Waals surface area contributed by atoms with E-state index in [0.29, 0.717) is 28.7 Å². The number of rotatable bonds is 5. The highest BCUT2D eigenvalue weighted by Gasteiger charge is 2.47. The number of fused-ring (bicyclic) bond motifs is 1. The maximum Gasteiger partial charge on any atom is 0.408 e. The summed E-state index contributed by atoms with van der Waals surface area (Å²) in [6.07, 6.45) is 2.09. The number of hydrogen-bond acceptors (Lipinski definition) is 3. The van der Waals surface area contributed by atoms with Crippen LogP contribution >= 0.6 is 0 Å². The van der Waals surface area contributed by atoms with Gasteiger partial charge < -0.3 is 16.0 Å². The fraction of sp³-hybridized carbons (Fsp3) is 0.545. The second kappa shape index (κ2) is 8.26. The predicted octanol–water partition coefficient (Wildman–Crippen LogP) is 4.09. The Hall–Kier alpha value is -2.42. The molecule has 9 heteroatoms. The van der Waals surface area contributed by atoms with E-state index < -0.39 is 29.9 Å². The maximum absolute atomic E-state index is 14.6. The van der Waals surface area contributed by atoms with Gasteiger partial charge in [-0.1, -0.05) is 5.57 Å². The number of nitrogens with one attached hydrogen (secondary N) is 2. The summed E-state index contributed by atoms with van der Waals surface area (Å²) in [5.41, 5.74) is 7.10. The minimum atomic E-state index is -4.47. The number of carbonyl (C=O) groups excluding carboxylic acids is 1. The van der Waals surface area contributed by atoms with Gasteiger partial charge >= 0.3 is 6.18 Å². The van der Waals surface area contributed by atoms with Crippen molar-refractivity contribution in [1.82, 2.24) is 15.3 Å². The molecule has 1 aliphatic heterocycles. The molecule has 168 valence electrons. The van der Waals surface area contributed by atoms with Crippen molar-refractivity contribution in [2.45, 2.75) is 50.7 Å². The Kier molecular flexibility index (Phi) is 5.81. The summed E-state index contributed by atoms with van der Waals surface area (Å²) in [5, 5.41) is 1.99. The molecule has 0 spiro atoms. The second-order valence-corrected chi connectivity index (χ2v) is 8.53. The van der Waals surface area contributed by atoms with E-state index in [1.807, 2.05) is 11.4 Å². The molecule has 31 heavy (non-hydrogen) atoms. The molecule has 5 nitrogen and oxygen atoms in total. The molecule has 5 rings (SSSR count). The Balaban J connectivity index is 0.00000112. The quantitative estimate of drug-likeness (QED) is 0.615. The molecule has 2 saturated carbocycles. The van der Waals surface area contributed by atoms with Gasteiger partial charge in [-0.2, -0.15) is 13.2 Å². The molecule has 3 fully saturated rings. The van der Waals surface area contributed by atoms with Crippen molar-refractivity contribution in [3.05, 3.63) is 34.9 Å². The van der Waals surface area contributed by atoms with Gasteiger partial charge in [-0.05, 0) is 81.2 Å². The van der Waals surface area contributed by atoms with E-state index in [-0.39, 0.29) is 18.4 Å². The molecule has 2 heterocycles. The summed E-state index contributed by atoms with van der Waals surface area (Å²) in [6, 6.07) is 1.12. The minimum Gasteiger partial charge on any atom is -0.344 e. The highest BCUT2D eigenvalue weighted by Crippen LogP contribution is 2.49. The van der Waals surface area contributed by atoms with Crippen LogP contribution in [0.15, 0.2) is 17.7 Å². The number of carbonyl (C=O) groups is 1. The molecule has 2 aliphatic carbocycles. The summed E-state index contributed by atoms with van der Waals surface area (Å²) < 4.78 is 53.2. The number of nitrogens with two attached hydrogens (primary N) is 1. The highest BCUT2D eigenvalue weighted by atomic mass is 19.4. The Labute approximate surface area is 177 Å². The molecule has 2 aromatic rings. The van der Waals surface area contributed by atoms with Crippen LogP contribution in [0, 0.1) is 23.6 Å². The number of hydrogen-bond donors (Lipinski definition) is 3. The van der Waals surface area contributed by atoms with Gasteiger partial charge in [0.2, 0.25) is 5.91 Å². The molecule has 4 N–H and O–H groups in total. The molecular formula is C22H26F4N4O. The van der Waals surface area contributed by atoms with Crippen LogP contribution in [0.4, 0.5) is 17.6 Å². The van der Waals surface area contributed by atoms with Crippen molar-refractivity contribution in [3.8, 4) is 0 Å². The third-order valence-electron chi connectivity index (χ3n) is 6.10. The minimum absolute atomic E-state index is 0.0604. The largest absolute Gasteiger partial charge is 0.408 e. The number of benzene rings is 1. The van der Waals surface area contributed by atoms with Gasteiger partial charge in [0.15, 0.2) is 5.82 Å². The Morgan fingerprint density at radius 1 is 1.19 bits per heavy atom. The predicted molar refractivity (Wildman–Crippen MR) is 109 cm³/mol. The Morgan fingerprint density at radius 3 is 2.39 bits per heavy atom. The fourth-order valence-corrected chi connectivity index (χ4v) is 4.31.